The number of hydrogen-bond acceptors (Lipinski definition) is 6. The fourth-order valence-electron chi connectivity index (χ4n) is 2.57. The maximum absolute atomic E-state index is 5.65. The molecule has 0 radical (unpaired) electrons. The van der Waals surface area contributed by atoms with E-state index in [1.807, 2.05) is 37.3 Å². The van der Waals surface area contributed by atoms with Crippen molar-refractivity contribution in [2.45, 2.75) is 6.92 Å². The molecule has 0 saturated carbocycles. The van der Waals surface area contributed by atoms with Gasteiger partial charge in [0.25, 0.3) is 0 Å². The van der Waals surface area contributed by atoms with Crippen molar-refractivity contribution in [1.29, 1.82) is 0 Å². The van der Waals surface area contributed by atoms with E-state index in [-0.39, 0.29) is 0 Å². The minimum Gasteiger partial charge on any atom is -0.492 e. The molecule has 6 nitrogen and oxygen atoms in total. The number of aromatic nitrogens is 2. The normalized spacial score (nSPS) is 15.5. The summed E-state index contributed by atoms with van der Waals surface area (Å²) in [6.07, 6.45) is 1.80. The number of piperazine rings is 1. The van der Waals surface area contributed by atoms with Crippen LogP contribution in [0.2, 0.25) is 0 Å². The lowest BCUT2D eigenvalue weighted by Crippen LogP contribution is -2.45. The van der Waals surface area contributed by atoms with Gasteiger partial charge < -0.3 is 19.9 Å². The highest BCUT2D eigenvalue weighted by molar-refractivity contribution is 5.64. The Balaban J connectivity index is 1.75. The molecule has 0 aliphatic carbocycles. The van der Waals surface area contributed by atoms with E-state index in [1.54, 1.807) is 6.20 Å². The first-order valence-corrected chi connectivity index (χ1v) is 8.01. The van der Waals surface area contributed by atoms with E-state index in [0.717, 1.165) is 49.4 Å². The number of hydrogen-bond donors (Lipinski definition) is 1. The fraction of sp³-hybridized carbons (Fsp3) is 0.412. The van der Waals surface area contributed by atoms with Crippen LogP contribution in [-0.2, 0) is 0 Å². The molecule has 0 atom stereocenters. The van der Waals surface area contributed by atoms with Gasteiger partial charge in [-0.3, -0.25) is 0 Å². The van der Waals surface area contributed by atoms with E-state index in [4.69, 9.17) is 4.74 Å². The number of likely N-dealkylation sites (N-methyl/N-ethyl adjacent to an activating group) is 1. The predicted octanol–water partition coefficient (Wildman–Crippen LogP) is 2.37. The molecule has 1 aliphatic heterocycles. The minimum absolute atomic E-state index is 0.634. The Morgan fingerprint density at radius 1 is 1.13 bits per heavy atom. The lowest BCUT2D eigenvalue weighted by molar-refractivity contribution is 0.311. The van der Waals surface area contributed by atoms with Crippen molar-refractivity contribution in [3.63, 3.8) is 0 Å². The van der Waals surface area contributed by atoms with Gasteiger partial charge in [0.15, 0.2) is 0 Å². The molecule has 1 fully saturated rings. The number of nitrogens with one attached hydrogen (secondary N) is 1. The highest BCUT2D eigenvalue weighted by Gasteiger charge is 2.16. The minimum atomic E-state index is 0.634. The van der Waals surface area contributed by atoms with Crippen LogP contribution in [0.1, 0.15) is 6.92 Å². The van der Waals surface area contributed by atoms with Gasteiger partial charge in [0, 0.05) is 32.4 Å². The molecule has 1 aromatic carbocycles. The van der Waals surface area contributed by atoms with E-state index >= 15 is 0 Å². The molecular weight excluding hydrogens is 290 g/mol. The second kappa shape index (κ2) is 7.28. The van der Waals surface area contributed by atoms with Crippen LogP contribution in [0, 0.1) is 0 Å². The second-order valence-electron chi connectivity index (χ2n) is 5.59. The average Bonchev–Trinajstić information content (AvgIpc) is 2.58. The number of benzene rings is 1. The largest absolute Gasteiger partial charge is 0.492 e. The van der Waals surface area contributed by atoms with Crippen molar-refractivity contribution in [3.8, 4) is 5.75 Å². The third kappa shape index (κ3) is 3.90. The Labute approximate surface area is 137 Å². The maximum atomic E-state index is 5.65. The summed E-state index contributed by atoms with van der Waals surface area (Å²) in [5, 5.41) is 3.33. The summed E-state index contributed by atoms with van der Waals surface area (Å²) in [6.45, 7) is 6.59. The second-order valence-corrected chi connectivity index (χ2v) is 5.59. The molecule has 6 heteroatoms. The van der Waals surface area contributed by atoms with Crippen molar-refractivity contribution in [3.05, 3.63) is 36.5 Å². The van der Waals surface area contributed by atoms with Crippen LogP contribution in [0.15, 0.2) is 36.5 Å². The number of nitrogens with zero attached hydrogens (tertiary/aromatic N) is 4. The Hall–Kier alpha value is -2.34. The van der Waals surface area contributed by atoms with E-state index < -0.39 is 0 Å². The molecule has 1 saturated heterocycles. The smallest absolute Gasteiger partial charge is 0.227 e. The zero-order valence-electron chi connectivity index (χ0n) is 13.7. The van der Waals surface area contributed by atoms with Gasteiger partial charge in [0.1, 0.15) is 11.6 Å². The third-order valence-electron chi connectivity index (χ3n) is 3.88. The molecule has 0 unspecified atom stereocenters. The molecule has 0 spiro atoms. The monoisotopic (exact) mass is 313 g/mol. The van der Waals surface area contributed by atoms with Crippen molar-refractivity contribution < 1.29 is 4.74 Å². The Morgan fingerprint density at radius 3 is 2.70 bits per heavy atom. The highest BCUT2D eigenvalue weighted by atomic mass is 16.5. The molecule has 1 aromatic heterocycles. The fourth-order valence-corrected chi connectivity index (χ4v) is 2.57. The van der Waals surface area contributed by atoms with E-state index in [0.29, 0.717) is 6.61 Å². The summed E-state index contributed by atoms with van der Waals surface area (Å²) >= 11 is 0. The van der Waals surface area contributed by atoms with Crippen molar-refractivity contribution in [2.75, 3.05) is 50.1 Å². The van der Waals surface area contributed by atoms with Crippen molar-refractivity contribution in [1.82, 2.24) is 14.9 Å². The number of ether oxygens (including phenoxy) is 1. The van der Waals surface area contributed by atoms with Gasteiger partial charge in [0.2, 0.25) is 5.95 Å². The zero-order valence-corrected chi connectivity index (χ0v) is 13.7. The molecular formula is C17H23N5O. The summed E-state index contributed by atoms with van der Waals surface area (Å²) in [5.41, 5.74) is 0.914. The number of para-hydroxylation sites is 2. The third-order valence-corrected chi connectivity index (χ3v) is 3.88. The number of rotatable bonds is 5. The van der Waals surface area contributed by atoms with Gasteiger partial charge in [-0.25, -0.2) is 4.98 Å². The van der Waals surface area contributed by atoms with Gasteiger partial charge in [0.05, 0.1) is 12.3 Å². The van der Waals surface area contributed by atoms with Crippen LogP contribution in [0.5, 0.6) is 5.75 Å². The molecule has 2 aromatic rings. The quantitative estimate of drug-likeness (QED) is 0.914. The zero-order chi connectivity index (χ0) is 16.1. The lowest BCUT2D eigenvalue weighted by Gasteiger charge is -2.32. The Morgan fingerprint density at radius 2 is 1.91 bits per heavy atom. The van der Waals surface area contributed by atoms with Crippen LogP contribution in [-0.4, -0.2) is 54.7 Å². The topological polar surface area (TPSA) is 53.5 Å². The van der Waals surface area contributed by atoms with Gasteiger partial charge in [-0.15, -0.1) is 0 Å². The first kappa shape index (κ1) is 15.6. The maximum Gasteiger partial charge on any atom is 0.227 e. The van der Waals surface area contributed by atoms with Crippen LogP contribution >= 0.6 is 0 Å². The molecule has 122 valence electrons. The molecule has 0 bridgehead atoms. The van der Waals surface area contributed by atoms with Crippen LogP contribution in [0.4, 0.5) is 17.5 Å². The number of anilines is 3. The first-order chi connectivity index (χ1) is 11.3. The van der Waals surface area contributed by atoms with Gasteiger partial charge in [-0.1, -0.05) is 12.1 Å². The molecule has 1 N–H and O–H groups in total. The van der Waals surface area contributed by atoms with Gasteiger partial charge in [-0.05, 0) is 32.2 Å². The predicted molar refractivity (Wildman–Crippen MR) is 92.6 cm³/mol. The molecule has 23 heavy (non-hydrogen) atoms. The van der Waals surface area contributed by atoms with Gasteiger partial charge in [-0.2, -0.15) is 4.98 Å². The average molecular weight is 313 g/mol. The molecule has 3 rings (SSSR count). The Bertz CT molecular complexity index is 640. The van der Waals surface area contributed by atoms with Crippen LogP contribution < -0.4 is 15.0 Å². The lowest BCUT2D eigenvalue weighted by atomic mass is 10.3. The summed E-state index contributed by atoms with van der Waals surface area (Å²) in [4.78, 5) is 13.6. The summed E-state index contributed by atoms with van der Waals surface area (Å²) in [5.74, 6) is 2.38. The van der Waals surface area contributed by atoms with Gasteiger partial charge >= 0.3 is 0 Å². The van der Waals surface area contributed by atoms with Crippen molar-refractivity contribution in [2.24, 2.45) is 0 Å². The van der Waals surface area contributed by atoms with E-state index in [9.17, 15) is 0 Å². The SMILES string of the molecule is CCOc1ccccc1Nc1ccnc(N2CCN(C)CC2)n1. The molecule has 1 aliphatic rings. The summed E-state index contributed by atoms with van der Waals surface area (Å²) in [7, 11) is 2.14. The summed E-state index contributed by atoms with van der Waals surface area (Å²) in [6, 6.07) is 9.76. The van der Waals surface area contributed by atoms with Crippen LogP contribution in [0.25, 0.3) is 0 Å². The molecule has 0 amide bonds. The highest BCUT2D eigenvalue weighted by Crippen LogP contribution is 2.27. The van der Waals surface area contributed by atoms with E-state index in [1.165, 1.54) is 0 Å². The standard InChI is InChI=1S/C17H23N5O/c1-3-23-15-7-5-4-6-14(15)19-16-8-9-18-17(20-16)22-12-10-21(2)11-13-22/h4-9H,3,10-13H2,1-2H3,(H,18,19,20). The first-order valence-electron chi connectivity index (χ1n) is 8.01. The van der Waals surface area contributed by atoms with Crippen molar-refractivity contribution >= 4 is 17.5 Å². The molecule has 2 heterocycles. The van der Waals surface area contributed by atoms with E-state index in [2.05, 4.69) is 32.1 Å². The summed E-state index contributed by atoms with van der Waals surface area (Å²) < 4.78 is 5.65. The Kier molecular flexibility index (Phi) is 4.92. The van der Waals surface area contributed by atoms with Crippen LogP contribution in [0.3, 0.4) is 0 Å².